The average Bonchev–Trinajstić information content (AvgIpc) is 3.02. The molecule has 0 unspecified atom stereocenters. The van der Waals surface area contributed by atoms with E-state index in [1.807, 2.05) is 94.4 Å². The lowest BCUT2D eigenvalue weighted by Gasteiger charge is -2.32. The molecule has 34 heavy (non-hydrogen) atoms. The molecule has 0 saturated carbocycles. The molecule has 1 aliphatic heterocycles. The first-order chi connectivity index (χ1) is 16.0. The number of carbonyl (C=O) groups excluding carboxylic acids is 1. The van der Waals surface area contributed by atoms with E-state index in [0.29, 0.717) is 22.9 Å². The molecular formula is C28H33BN2O3. The van der Waals surface area contributed by atoms with Gasteiger partial charge in [-0.15, -0.1) is 0 Å². The first-order valence-corrected chi connectivity index (χ1v) is 11.7. The van der Waals surface area contributed by atoms with Gasteiger partial charge in [-0.1, -0.05) is 56.3 Å². The van der Waals surface area contributed by atoms with E-state index in [2.05, 4.69) is 19.2 Å². The van der Waals surface area contributed by atoms with Crippen molar-refractivity contribution >= 4 is 29.9 Å². The zero-order valence-corrected chi connectivity index (χ0v) is 20.8. The van der Waals surface area contributed by atoms with Crippen LogP contribution in [0.1, 0.15) is 63.4 Å². The Hall–Kier alpha value is -3.09. The van der Waals surface area contributed by atoms with Crippen LogP contribution in [-0.4, -0.2) is 24.2 Å². The molecule has 4 rings (SSSR count). The van der Waals surface area contributed by atoms with E-state index in [1.54, 1.807) is 0 Å². The minimum atomic E-state index is -0.401. The Kier molecular flexibility index (Phi) is 6.32. The maximum atomic E-state index is 12.8. The SMILES string of the molecule is CC(C)c1ccc(C(=O)Nc2cc(-c3ccc(B4OC(C)(C)C(C)(C)O4)cc3)ccc2N)cc1. The molecule has 0 spiro atoms. The van der Waals surface area contributed by atoms with E-state index in [0.717, 1.165) is 16.6 Å². The summed E-state index contributed by atoms with van der Waals surface area (Å²) in [4.78, 5) is 12.8. The number of nitrogens with two attached hydrogens (primary N) is 1. The third-order valence-electron chi connectivity index (χ3n) is 6.91. The Morgan fingerprint density at radius 1 is 0.853 bits per heavy atom. The standard InChI is InChI=1S/C28H33BN2O3/c1-18(2)19-7-9-21(10-8-19)26(32)31-25-17-22(13-16-24(25)30)20-11-14-23(15-12-20)29-33-27(3,4)28(5,6)34-29/h7-18H,30H2,1-6H3,(H,31,32). The van der Waals surface area contributed by atoms with Crippen LogP contribution in [0.15, 0.2) is 66.7 Å². The molecule has 0 bridgehead atoms. The largest absolute Gasteiger partial charge is 0.494 e. The number of amides is 1. The van der Waals surface area contributed by atoms with Gasteiger partial charge in [-0.25, -0.2) is 0 Å². The van der Waals surface area contributed by atoms with Crippen LogP contribution in [0.4, 0.5) is 11.4 Å². The second-order valence-corrected chi connectivity index (χ2v) is 10.2. The molecule has 0 aliphatic carbocycles. The summed E-state index contributed by atoms with van der Waals surface area (Å²) in [5, 5.41) is 2.96. The topological polar surface area (TPSA) is 73.6 Å². The first-order valence-electron chi connectivity index (χ1n) is 11.7. The molecule has 5 nitrogen and oxygen atoms in total. The van der Waals surface area contributed by atoms with E-state index in [-0.39, 0.29) is 17.1 Å². The molecule has 6 heteroatoms. The predicted molar refractivity (Wildman–Crippen MR) is 140 cm³/mol. The van der Waals surface area contributed by atoms with Gasteiger partial charge in [-0.05, 0) is 80.0 Å². The fourth-order valence-electron chi connectivity index (χ4n) is 3.87. The highest BCUT2D eigenvalue weighted by molar-refractivity contribution is 6.62. The number of hydrogen-bond acceptors (Lipinski definition) is 4. The number of carbonyl (C=O) groups is 1. The Bertz CT molecular complexity index is 1170. The summed E-state index contributed by atoms with van der Waals surface area (Å²) in [6.45, 7) is 12.4. The quantitative estimate of drug-likeness (QED) is 0.387. The Labute approximate surface area is 202 Å². The van der Waals surface area contributed by atoms with Crippen molar-refractivity contribution in [1.29, 1.82) is 0 Å². The molecule has 176 valence electrons. The van der Waals surface area contributed by atoms with Gasteiger partial charge in [-0.3, -0.25) is 4.79 Å². The molecule has 1 heterocycles. The molecule has 0 atom stereocenters. The summed E-state index contributed by atoms with van der Waals surface area (Å²) in [5.41, 5.74) is 11.2. The van der Waals surface area contributed by atoms with Crippen molar-refractivity contribution in [2.24, 2.45) is 0 Å². The number of anilines is 2. The molecule has 1 aliphatic rings. The van der Waals surface area contributed by atoms with Gasteiger partial charge in [0.05, 0.1) is 22.6 Å². The molecule has 1 fully saturated rings. The van der Waals surface area contributed by atoms with Crippen molar-refractivity contribution in [2.75, 3.05) is 11.1 Å². The van der Waals surface area contributed by atoms with Crippen molar-refractivity contribution in [1.82, 2.24) is 0 Å². The van der Waals surface area contributed by atoms with Gasteiger partial charge in [0.15, 0.2) is 0 Å². The summed E-state index contributed by atoms with van der Waals surface area (Å²) in [5.74, 6) is 0.232. The number of hydrogen-bond donors (Lipinski definition) is 2. The first kappa shape index (κ1) is 24.1. The highest BCUT2D eigenvalue weighted by Crippen LogP contribution is 2.36. The van der Waals surface area contributed by atoms with Crippen LogP contribution in [0, 0.1) is 0 Å². The number of nitrogen functional groups attached to an aromatic ring is 1. The van der Waals surface area contributed by atoms with Gasteiger partial charge in [0.2, 0.25) is 0 Å². The van der Waals surface area contributed by atoms with Gasteiger partial charge in [0, 0.05) is 5.56 Å². The smallest absolute Gasteiger partial charge is 0.399 e. The summed E-state index contributed by atoms with van der Waals surface area (Å²) in [6, 6.07) is 21.4. The van der Waals surface area contributed by atoms with Crippen molar-refractivity contribution in [3.8, 4) is 11.1 Å². The minimum absolute atomic E-state index is 0.185. The van der Waals surface area contributed by atoms with E-state index in [1.165, 1.54) is 5.56 Å². The maximum absolute atomic E-state index is 12.8. The molecule has 1 saturated heterocycles. The number of nitrogens with one attached hydrogen (secondary N) is 1. The highest BCUT2D eigenvalue weighted by Gasteiger charge is 2.51. The van der Waals surface area contributed by atoms with Crippen molar-refractivity contribution in [2.45, 2.75) is 58.7 Å². The Morgan fingerprint density at radius 3 is 1.97 bits per heavy atom. The summed E-state index contributed by atoms with van der Waals surface area (Å²) in [7, 11) is -0.401. The van der Waals surface area contributed by atoms with Gasteiger partial charge in [0.25, 0.3) is 5.91 Å². The molecule has 0 aromatic heterocycles. The van der Waals surface area contributed by atoms with E-state index < -0.39 is 7.12 Å². The van der Waals surface area contributed by atoms with E-state index >= 15 is 0 Å². The molecule has 3 aromatic rings. The van der Waals surface area contributed by atoms with Crippen LogP contribution in [0.2, 0.25) is 0 Å². The van der Waals surface area contributed by atoms with Gasteiger partial charge >= 0.3 is 7.12 Å². The van der Waals surface area contributed by atoms with Crippen LogP contribution in [0.25, 0.3) is 11.1 Å². The minimum Gasteiger partial charge on any atom is -0.399 e. The summed E-state index contributed by atoms with van der Waals surface area (Å²) in [6.07, 6.45) is 0. The van der Waals surface area contributed by atoms with Crippen molar-refractivity contribution in [3.05, 3.63) is 77.9 Å². The summed E-state index contributed by atoms with van der Waals surface area (Å²) < 4.78 is 12.3. The van der Waals surface area contributed by atoms with E-state index in [4.69, 9.17) is 15.0 Å². The fourth-order valence-corrected chi connectivity index (χ4v) is 3.87. The third kappa shape index (κ3) is 4.74. The molecular weight excluding hydrogens is 423 g/mol. The lowest BCUT2D eigenvalue weighted by atomic mass is 9.78. The van der Waals surface area contributed by atoms with Crippen molar-refractivity contribution < 1.29 is 14.1 Å². The number of benzene rings is 3. The molecule has 1 amide bonds. The highest BCUT2D eigenvalue weighted by atomic mass is 16.7. The lowest BCUT2D eigenvalue weighted by molar-refractivity contribution is 0.00578. The van der Waals surface area contributed by atoms with Gasteiger partial charge < -0.3 is 20.4 Å². The van der Waals surface area contributed by atoms with Crippen LogP contribution in [-0.2, 0) is 9.31 Å². The fraction of sp³-hybridized carbons (Fsp3) is 0.321. The average molecular weight is 456 g/mol. The van der Waals surface area contributed by atoms with E-state index in [9.17, 15) is 4.79 Å². The molecule has 3 aromatic carbocycles. The number of rotatable bonds is 5. The molecule has 3 N–H and O–H groups in total. The van der Waals surface area contributed by atoms with Crippen LogP contribution in [0.3, 0.4) is 0 Å². The van der Waals surface area contributed by atoms with Gasteiger partial charge in [0.1, 0.15) is 0 Å². The Balaban J connectivity index is 1.51. The second kappa shape index (κ2) is 8.93. The zero-order chi connectivity index (χ0) is 24.7. The Morgan fingerprint density at radius 2 is 1.41 bits per heavy atom. The predicted octanol–water partition coefficient (Wildman–Crippen LogP) is 5.61. The summed E-state index contributed by atoms with van der Waals surface area (Å²) >= 11 is 0. The van der Waals surface area contributed by atoms with Gasteiger partial charge in [-0.2, -0.15) is 0 Å². The second-order valence-electron chi connectivity index (χ2n) is 10.2. The van der Waals surface area contributed by atoms with Crippen LogP contribution in [0.5, 0.6) is 0 Å². The monoisotopic (exact) mass is 456 g/mol. The maximum Gasteiger partial charge on any atom is 0.494 e. The van der Waals surface area contributed by atoms with Crippen LogP contribution < -0.4 is 16.5 Å². The lowest BCUT2D eigenvalue weighted by Crippen LogP contribution is -2.41. The normalized spacial score (nSPS) is 16.6. The molecule has 0 radical (unpaired) electrons. The van der Waals surface area contributed by atoms with Crippen molar-refractivity contribution in [3.63, 3.8) is 0 Å². The van der Waals surface area contributed by atoms with Crippen LogP contribution >= 0.6 is 0 Å². The third-order valence-corrected chi connectivity index (χ3v) is 6.91. The zero-order valence-electron chi connectivity index (χ0n) is 20.8.